The lowest BCUT2D eigenvalue weighted by Gasteiger charge is -2.32. The molecule has 1 N–H and O–H groups in total. The van der Waals surface area contributed by atoms with Gasteiger partial charge in [-0.3, -0.25) is 9.58 Å². The molecule has 0 saturated carbocycles. The van der Waals surface area contributed by atoms with Gasteiger partial charge in [0.1, 0.15) is 5.82 Å². The van der Waals surface area contributed by atoms with E-state index in [1.165, 1.54) is 5.56 Å². The van der Waals surface area contributed by atoms with E-state index in [-0.39, 0.29) is 0 Å². The lowest BCUT2D eigenvalue weighted by atomic mass is 10.0. The van der Waals surface area contributed by atoms with Crippen molar-refractivity contribution in [3.63, 3.8) is 0 Å². The van der Waals surface area contributed by atoms with Crippen molar-refractivity contribution in [2.45, 2.75) is 25.4 Å². The quantitative estimate of drug-likeness (QED) is 0.899. The van der Waals surface area contributed by atoms with Crippen molar-refractivity contribution < 1.29 is 0 Å². The first-order valence-corrected chi connectivity index (χ1v) is 8.07. The molecule has 3 heterocycles. The molecule has 1 saturated heterocycles. The van der Waals surface area contributed by atoms with Crippen molar-refractivity contribution in [3.8, 4) is 0 Å². The summed E-state index contributed by atoms with van der Waals surface area (Å²) in [6, 6.07) is 2.42. The van der Waals surface area contributed by atoms with Crippen LogP contribution in [0.15, 0.2) is 24.7 Å². The second kappa shape index (κ2) is 6.95. The van der Waals surface area contributed by atoms with Crippen LogP contribution in [0.2, 0.25) is 0 Å². The van der Waals surface area contributed by atoms with Crippen molar-refractivity contribution in [2.24, 2.45) is 7.05 Å². The first-order valence-electron chi connectivity index (χ1n) is 8.07. The Morgan fingerprint density at radius 2 is 2.09 bits per heavy atom. The molecule has 1 fully saturated rings. The van der Waals surface area contributed by atoms with Crippen LogP contribution in [0.4, 0.5) is 11.8 Å². The van der Waals surface area contributed by atoms with Gasteiger partial charge >= 0.3 is 0 Å². The number of piperidine rings is 1. The molecule has 0 aromatic carbocycles. The van der Waals surface area contributed by atoms with Crippen LogP contribution in [-0.2, 0) is 13.6 Å². The average molecular weight is 315 g/mol. The normalized spacial score (nSPS) is 16.5. The number of rotatable bonds is 5. The topological polar surface area (TPSA) is 62.1 Å². The number of nitrogens with zero attached hydrogens (tertiary/aromatic N) is 6. The number of likely N-dealkylation sites (tertiary alicyclic amines) is 1. The van der Waals surface area contributed by atoms with E-state index in [1.807, 2.05) is 49.2 Å². The minimum Gasteiger partial charge on any atom is -0.367 e. The van der Waals surface area contributed by atoms with Crippen LogP contribution in [0.3, 0.4) is 0 Å². The first kappa shape index (κ1) is 15.7. The highest BCUT2D eigenvalue weighted by Gasteiger charge is 2.20. The maximum Gasteiger partial charge on any atom is 0.226 e. The fourth-order valence-electron chi connectivity index (χ4n) is 2.90. The third kappa shape index (κ3) is 4.19. The van der Waals surface area contributed by atoms with Gasteiger partial charge in [0.25, 0.3) is 0 Å². The van der Waals surface area contributed by atoms with Crippen molar-refractivity contribution >= 4 is 11.8 Å². The third-order valence-corrected chi connectivity index (χ3v) is 4.15. The summed E-state index contributed by atoms with van der Waals surface area (Å²) in [4.78, 5) is 13.2. The van der Waals surface area contributed by atoms with Crippen LogP contribution in [0.1, 0.15) is 18.4 Å². The van der Waals surface area contributed by atoms with Crippen molar-refractivity contribution in [3.05, 3.63) is 30.2 Å². The molecular formula is C16H25N7. The predicted octanol–water partition coefficient (Wildman–Crippen LogP) is 1.35. The van der Waals surface area contributed by atoms with E-state index in [0.29, 0.717) is 6.04 Å². The summed E-state index contributed by atoms with van der Waals surface area (Å²) in [7, 11) is 5.87. The predicted molar refractivity (Wildman–Crippen MR) is 91.5 cm³/mol. The van der Waals surface area contributed by atoms with Gasteiger partial charge in [-0.15, -0.1) is 0 Å². The Balaban J connectivity index is 1.50. The van der Waals surface area contributed by atoms with Crippen LogP contribution in [0.25, 0.3) is 0 Å². The fourth-order valence-corrected chi connectivity index (χ4v) is 2.90. The summed E-state index contributed by atoms with van der Waals surface area (Å²) in [5.74, 6) is 1.65. The minimum atomic E-state index is 0.477. The van der Waals surface area contributed by atoms with E-state index < -0.39 is 0 Å². The SMILES string of the molecule is CN(C)c1nccc(NC2CCN(Cc3cnn(C)c3)CC2)n1. The monoisotopic (exact) mass is 315 g/mol. The lowest BCUT2D eigenvalue weighted by Crippen LogP contribution is -2.38. The first-order chi connectivity index (χ1) is 11.1. The van der Waals surface area contributed by atoms with Crippen LogP contribution in [0, 0.1) is 0 Å². The zero-order chi connectivity index (χ0) is 16.2. The zero-order valence-corrected chi connectivity index (χ0v) is 14.1. The largest absolute Gasteiger partial charge is 0.367 e. The number of hydrogen-bond acceptors (Lipinski definition) is 6. The molecule has 0 radical (unpaired) electrons. The van der Waals surface area contributed by atoms with Crippen molar-refractivity contribution in [1.29, 1.82) is 0 Å². The lowest BCUT2D eigenvalue weighted by molar-refractivity contribution is 0.211. The smallest absolute Gasteiger partial charge is 0.226 e. The summed E-state index contributed by atoms with van der Waals surface area (Å²) in [6.07, 6.45) is 8.10. The van der Waals surface area contributed by atoms with E-state index in [0.717, 1.165) is 44.2 Å². The number of aryl methyl sites for hydroxylation is 1. The van der Waals surface area contributed by atoms with E-state index >= 15 is 0 Å². The number of nitrogens with one attached hydrogen (secondary N) is 1. The summed E-state index contributed by atoms with van der Waals surface area (Å²) in [5, 5.41) is 7.78. The summed E-state index contributed by atoms with van der Waals surface area (Å²) in [5.41, 5.74) is 1.28. The molecular weight excluding hydrogens is 290 g/mol. The molecule has 0 atom stereocenters. The van der Waals surface area contributed by atoms with Crippen molar-refractivity contribution in [1.82, 2.24) is 24.6 Å². The van der Waals surface area contributed by atoms with Gasteiger partial charge in [-0.2, -0.15) is 10.1 Å². The molecule has 2 aromatic rings. The molecule has 7 nitrogen and oxygen atoms in total. The summed E-state index contributed by atoms with van der Waals surface area (Å²) in [6.45, 7) is 3.18. The molecule has 0 amide bonds. The summed E-state index contributed by atoms with van der Waals surface area (Å²) >= 11 is 0. The molecule has 3 rings (SSSR count). The van der Waals surface area contributed by atoms with Crippen LogP contribution in [-0.4, -0.2) is 57.9 Å². The van der Waals surface area contributed by atoms with Crippen LogP contribution < -0.4 is 10.2 Å². The summed E-state index contributed by atoms with van der Waals surface area (Å²) < 4.78 is 1.86. The average Bonchev–Trinajstić information content (AvgIpc) is 2.94. The Kier molecular flexibility index (Phi) is 4.76. The number of anilines is 2. The Morgan fingerprint density at radius 3 is 2.74 bits per heavy atom. The van der Waals surface area contributed by atoms with Crippen molar-refractivity contribution in [2.75, 3.05) is 37.4 Å². The van der Waals surface area contributed by atoms with E-state index in [2.05, 4.69) is 31.5 Å². The Morgan fingerprint density at radius 1 is 1.30 bits per heavy atom. The molecule has 2 aromatic heterocycles. The zero-order valence-electron chi connectivity index (χ0n) is 14.1. The maximum absolute atomic E-state index is 4.53. The molecule has 124 valence electrons. The van der Waals surface area contributed by atoms with Gasteiger partial charge < -0.3 is 10.2 Å². The molecule has 7 heteroatoms. The van der Waals surface area contributed by atoms with Gasteiger partial charge in [-0.25, -0.2) is 4.98 Å². The highest BCUT2D eigenvalue weighted by atomic mass is 15.3. The number of aromatic nitrogens is 4. The molecule has 1 aliphatic heterocycles. The highest BCUT2D eigenvalue weighted by molar-refractivity contribution is 5.41. The van der Waals surface area contributed by atoms with E-state index in [1.54, 1.807) is 0 Å². The molecule has 1 aliphatic rings. The molecule has 0 unspecified atom stereocenters. The maximum atomic E-state index is 4.53. The molecule has 0 spiro atoms. The molecule has 23 heavy (non-hydrogen) atoms. The Hall–Kier alpha value is -2.15. The highest BCUT2D eigenvalue weighted by Crippen LogP contribution is 2.17. The van der Waals surface area contributed by atoms with Gasteiger partial charge in [0.05, 0.1) is 6.20 Å². The van der Waals surface area contributed by atoms with Gasteiger partial charge in [0.15, 0.2) is 0 Å². The van der Waals surface area contributed by atoms with E-state index in [4.69, 9.17) is 0 Å². The molecule has 0 bridgehead atoms. The van der Waals surface area contributed by atoms with Crippen LogP contribution in [0.5, 0.6) is 0 Å². The third-order valence-electron chi connectivity index (χ3n) is 4.15. The van der Waals surface area contributed by atoms with Gasteiger partial charge in [-0.05, 0) is 18.9 Å². The van der Waals surface area contributed by atoms with E-state index in [9.17, 15) is 0 Å². The van der Waals surface area contributed by atoms with Gasteiger partial charge in [-0.1, -0.05) is 0 Å². The second-order valence-corrected chi connectivity index (χ2v) is 6.35. The number of hydrogen-bond donors (Lipinski definition) is 1. The standard InChI is InChI=1S/C16H25N7/c1-21(2)16-17-7-4-15(20-16)19-14-5-8-23(9-6-14)12-13-10-18-22(3)11-13/h4,7,10-11,14H,5-6,8-9,12H2,1-3H3,(H,17,19,20). The Labute approximate surface area is 137 Å². The fraction of sp³-hybridized carbons (Fsp3) is 0.562. The van der Waals surface area contributed by atoms with Gasteiger partial charge in [0.2, 0.25) is 5.95 Å². The van der Waals surface area contributed by atoms with Gasteiger partial charge in [0, 0.05) is 64.8 Å². The minimum absolute atomic E-state index is 0.477. The Bertz CT molecular complexity index is 629. The van der Waals surface area contributed by atoms with Crippen LogP contribution >= 0.6 is 0 Å². The second-order valence-electron chi connectivity index (χ2n) is 6.35. The molecule has 0 aliphatic carbocycles.